The van der Waals surface area contributed by atoms with Crippen LogP contribution in [0.15, 0.2) is 61.2 Å². The topological polar surface area (TPSA) is 40.5 Å². The first-order chi connectivity index (χ1) is 8.18. The van der Waals surface area contributed by atoms with E-state index in [-0.39, 0.29) is 0 Å². The Morgan fingerprint density at radius 2 is 1.35 bits per heavy atom. The minimum atomic E-state index is -1.50. The highest BCUT2D eigenvalue weighted by molar-refractivity contribution is 6.65. The molecule has 2 aromatic rings. The van der Waals surface area contributed by atoms with Crippen molar-refractivity contribution < 1.29 is 10.0 Å². The maximum Gasteiger partial charge on any atom is 0.488 e. The van der Waals surface area contributed by atoms with Gasteiger partial charge in [-0.25, -0.2) is 0 Å². The van der Waals surface area contributed by atoms with Crippen molar-refractivity contribution in [3.8, 4) is 11.1 Å². The predicted octanol–water partition coefficient (Wildman–Crippen LogP) is 2.38. The van der Waals surface area contributed by atoms with Crippen LogP contribution in [0.25, 0.3) is 16.6 Å². The second-order valence-corrected chi connectivity index (χ2v) is 3.84. The third-order valence-electron chi connectivity index (χ3n) is 2.67. The van der Waals surface area contributed by atoms with Crippen molar-refractivity contribution in [1.82, 2.24) is 0 Å². The fraction of sp³-hybridized carbons (Fsp3) is 0. The molecule has 2 rings (SSSR count). The fourth-order valence-corrected chi connectivity index (χ4v) is 1.66. The van der Waals surface area contributed by atoms with Gasteiger partial charge in [0.05, 0.1) is 0 Å². The molecule has 0 radical (unpaired) electrons. The van der Waals surface area contributed by atoms with Gasteiger partial charge in [0.2, 0.25) is 0 Å². The lowest BCUT2D eigenvalue weighted by Crippen LogP contribution is -2.13. The SMILES string of the molecule is C=C(B(O)O)c1ccc(-c2ccccc2)cc1. The van der Waals surface area contributed by atoms with E-state index in [2.05, 4.69) is 6.58 Å². The van der Waals surface area contributed by atoms with Gasteiger partial charge in [0.1, 0.15) is 0 Å². The first-order valence-corrected chi connectivity index (χ1v) is 5.39. The molecule has 0 bridgehead atoms. The zero-order valence-electron chi connectivity index (χ0n) is 9.38. The molecule has 0 amide bonds. The van der Waals surface area contributed by atoms with Crippen molar-refractivity contribution >= 4 is 12.6 Å². The summed E-state index contributed by atoms with van der Waals surface area (Å²) in [5.74, 6) is 0. The maximum absolute atomic E-state index is 9.02. The van der Waals surface area contributed by atoms with E-state index in [9.17, 15) is 0 Å². The average molecular weight is 224 g/mol. The van der Waals surface area contributed by atoms with Crippen molar-refractivity contribution in [3.63, 3.8) is 0 Å². The Morgan fingerprint density at radius 1 is 0.824 bits per heavy atom. The minimum Gasteiger partial charge on any atom is -0.423 e. The standard InChI is InChI=1S/C14H13BO2/c1-11(15(16)17)12-7-9-14(10-8-12)13-5-3-2-4-6-13/h2-10,16-17H,1H2. The first-order valence-electron chi connectivity index (χ1n) is 5.39. The summed E-state index contributed by atoms with van der Waals surface area (Å²) in [4.78, 5) is 0. The van der Waals surface area contributed by atoms with Crippen LogP contribution in [0.5, 0.6) is 0 Å². The lowest BCUT2D eigenvalue weighted by atomic mass is 9.76. The highest BCUT2D eigenvalue weighted by atomic mass is 16.4. The van der Waals surface area contributed by atoms with E-state index in [1.165, 1.54) is 0 Å². The summed E-state index contributed by atoms with van der Waals surface area (Å²) in [6, 6.07) is 17.6. The summed E-state index contributed by atoms with van der Waals surface area (Å²) in [6.45, 7) is 3.63. The zero-order valence-corrected chi connectivity index (χ0v) is 9.38. The second-order valence-electron chi connectivity index (χ2n) is 3.84. The van der Waals surface area contributed by atoms with Gasteiger partial charge in [-0.3, -0.25) is 0 Å². The highest BCUT2D eigenvalue weighted by Crippen LogP contribution is 2.21. The molecule has 0 saturated heterocycles. The lowest BCUT2D eigenvalue weighted by molar-refractivity contribution is 0.427. The van der Waals surface area contributed by atoms with Gasteiger partial charge in [-0.15, -0.1) is 0 Å². The van der Waals surface area contributed by atoms with E-state index in [0.717, 1.165) is 16.7 Å². The normalized spacial score (nSPS) is 10.0. The van der Waals surface area contributed by atoms with Gasteiger partial charge in [0, 0.05) is 0 Å². The van der Waals surface area contributed by atoms with E-state index in [0.29, 0.717) is 5.47 Å². The van der Waals surface area contributed by atoms with Crippen LogP contribution >= 0.6 is 0 Å². The summed E-state index contributed by atoms with van der Waals surface area (Å²) in [7, 11) is -1.50. The Labute approximate surface area is 101 Å². The van der Waals surface area contributed by atoms with Crippen LogP contribution < -0.4 is 0 Å². The van der Waals surface area contributed by atoms with Crippen molar-refractivity contribution in [1.29, 1.82) is 0 Å². The van der Waals surface area contributed by atoms with Crippen molar-refractivity contribution in [2.45, 2.75) is 0 Å². The zero-order chi connectivity index (χ0) is 12.3. The molecule has 0 aromatic heterocycles. The van der Waals surface area contributed by atoms with E-state index < -0.39 is 7.12 Å². The molecule has 2 N–H and O–H groups in total. The molecule has 0 spiro atoms. The number of rotatable bonds is 3. The van der Waals surface area contributed by atoms with E-state index >= 15 is 0 Å². The maximum atomic E-state index is 9.02. The van der Waals surface area contributed by atoms with Crippen LogP contribution in [0, 0.1) is 0 Å². The largest absolute Gasteiger partial charge is 0.488 e. The molecule has 3 heteroatoms. The summed E-state index contributed by atoms with van der Waals surface area (Å²) >= 11 is 0. The van der Waals surface area contributed by atoms with Crippen molar-refractivity contribution in [2.24, 2.45) is 0 Å². The summed E-state index contributed by atoms with van der Waals surface area (Å²) in [6.07, 6.45) is 0. The molecule has 0 unspecified atom stereocenters. The lowest BCUT2D eigenvalue weighted by Gasteiger charge is -2.06. The third kappa shape index (κ3) is 2.64. The number of benzene rings is 2. The average Bonchev–Trinajstić information content (AvgIpc) is 2.39. The highest BCUT2D eigenvalue weighted by Gasteiger charge is 2.13. The van der Waals surface area contributed by atoms with Crippen LogP contribution in [0.3, 0.4) is 0 Å². The Balaban J connectivity index is 2.28. The van der Waals surface area contributed by atoms with Gasteiger partial charge >= 0.3 is 7.12 Å². The Bertz CT molecular complexity index is 504. The van der Waals surface area contributed by atoms with Crippen LogP contribution in [-0.2, 0) is 0 Å². The van der Waals surface area contributed by atoms with Gasteiger partial charge in [0.25, 0.3) is 0 Å². The quantitative estimate of drug-likeness (QED) is 0.785. The number of hydrogen-bond donors (Lipinski definition) is 2. The molecule has 2 aromatic carbocycles. The first kappa shape index (κ1) is 11.6. The fourth-order valence-electron chi connectivity index (χ4n) is 1.66. The van der Waals surface area contributed by atoms with Crippen molar-refractivity contribution in [2.75, 3.05) is 0 Å². The molecule has 0 aliphatic carbocycles. The molecule has 0 atom stereocenters. The summed E-state index contributed by atoms with van der Waals surface area (Å²) in [5, 5.41) is 18.0. The van der Waals surface area contributed by atoms with E-state index in [1.54, 1.807) is 0 Å². The minimum absolute atomic E-state index is 0.310. The molecule has 0 aliphatic rings. The molecule has 0 fully saturated rings. The smallest absolute Gasteiger partial charge is 0.423 e. The van der Waals surface area contributed by atoms with E-state index in [4.69, 9.17) is 10.0 Å². The third-order valence-corrected chi connectivity index (χ3v) is 2.67. The molecule has 2 nitrogen and oxygen atoms in total. The van der Waals surface area contributed by atoms with Gasteiger partial charge in [-0.1, -0.05) is 61.2 Å². The molecular formula is C14H13BO2. The van der Waals surface area contributed by atoms with Crippen LogP contribution in [-0.4, -0.2) is 17.2 Å². The molecule has 0 aliphatic heterocycles. The van der Waals surface area contributed by atoms with Gasteiger partial charge in [-0.05, 0) is 22.2 Å². The number of hydrogen-bond acceptors (Lipinski definition) is 2. The van der Waals surface area contributed by atoms with Gasteiger partial charge in [-0.2, -0.15) is 0 Å². The Hall–Kier alpha value is -1.84. The molecule has 17 heavy (non-hydrogen) atoms. The molecule has 0 saturated carbocycles. The van der Waals surface area contributed by atoms with Gasteiger partial charge in [0.15, 0.2) is 0 Å². The van der Waals surface area contributed by atoms with Gasteiger partial charge < -0.3 is 10.0 Å². The van der Waals surface area contributed by atoms with Crippen LogP contribution in [0.1, 0.15) is 5.56 Å². The monoisotopic (exact) mass is 224 g/mol. The summed E-state index contributed by atoms with van der Waals surface area (Å²) in [5.41, 5.74) is 3.27. The van der Waals surface area contributed by atoms with Crippen molar-refractivity contribution in [3.05, 3.63) is 66.7 Å². The second kappa shape index (κ2) is 5.00. The molecule has 84 valence electrons. The van der Waals surface area contributed by atoms with Crippen LogP contribution in [0.4, 0.5) is 0 Å². The predicted molar refractivity (Wildman–Crippen MR) is 71.1 cm³/mol. The van der Waals surface area contributed by atoms with E-state index in [1.807, 2.05) is 54.6 Å². The van der Waals surface area contributed by atoms with Crippen LogP contribution in [0.2, 0.25) is 0 Å². The summed E-state index contributed by atoms with van der Waals surface area (Å²) < 4.78 is 0. The Morgan fingerprint density at radius 3 is 1.88 bits per heavy atom. The molecule has 0 heterocycles. The Kier molecular flexibility index (Phi) is 3.42. The molecular weight excluding hydrogens is 211 g/mol.